The molecule has 8 rings (SSSR count). The average Bonchev–Trinajstić information content (AvgIpc) is 3.53. The molecule has 0 aromatic heterocycles. The van der Waals surface area contributed by atoms with E-state index in [1.807, 2.05) is 24.3 Å². The maximum atomic E-state index is 15.4. The van der Waals surface area contributed by atoms with E-state index in [0.717, 1.165) is 21.9 Å². The number of rotatable bonds is 7. The molecule has 6 atom stereocenters. The van der Waals surface area contributed by atoms with Crippen LogP contribution in [0.5, 0.6) is 11.5 Å². The molecule has 266 valence electrons. The highest BCUT2D eigenvalue weighted by Gasteiger charge is 2.70. The van der Waals surface area contributed by atoms with Gasteiger partial charge >= 0.3 is 5.97 Å². The monoisotopic (exact) mass is 728 g/mol. The number of phenols is 2. The lowest BCUT2D eigenvalue weighted by Crippen LogP contribution is -2.53. The van der Waals surface area contributed by atoms with E-state index in [1.54, 1.807) is 60.7 Å². The van der Waals surface area contributed by atoms with Crippen molar-refractivity contribution >= 4 is 52.6 Å². The van der Waals surface area contributed by atoms with Crippen LogP contribution in [0.25, 0.3) is 0 Å². The van der Waals surface area contributed by atoms with Crippen molar-refractivity contribution < 1.29 is 39.3 Å². The van der Waals surface area contributed by atoms with Gasteiger partial charge in [-0.1, -0.05) is 83.9 Å². The SMILES string of the molecule is C=CCc1cccc([C@H]2C3=CC[C@@H]4C(=O)N(c5ccc(C(=O)O)c(O)c5)C(=O)[C@@H]4[C@@H]3C[C@H]3C(=O)N(c4cccc(Cl)c4)C(=O)[C@@]23c2ccccc2)c1O. The summed E-state index contributed by atoms with van der Waals surface area (Å²) in [4.78, 5) is 72.6. The smallest absolute Gasteiger partial charge is 0.339 e. The van der Waals surface area contributed by atoms with Crippen LogP contribution in [0.15, 0.2) is 115 Å². The van der Waals surface area contributed by atoms with Gasteiger partial charge in [-0.05, 0) is 66.6 Å². The number of carboxylic acids is 1. The molecule has 0 unspecified atom stereocenters. The van der Waals surface area contributed by atoms with E-state index in [2.05, 4.69) is 6.58 Å². The van der Waals surface area contributed by atoms with Gasteiger partial charge in [-0.3, -0.25) is 19.2 Å². The summed E-state index contributed by atoms with van der Waals surface area (Å²) in [6.45, 7) is 3.84. The first-order valence-electron chi connectivity index (χ1n) is 17.3. The van der Waals surface area contributed by atoms with Crippen molar-refractivity contribution in [3.63, 3.8) is 0 Å². The molecule has 2 aliphatic heterocycles. The van der Waals surface area contributed by atoms with E-state index in [1.165, 1.54) is 6.07 Å². The zero-order valence-electron chi connectivity index (χ0n) is 28.2. The Hall–Kier alpha value is -6.00. The number of anilines is 2. The van der Waals surface area contributed by atoms with Crippen molar-refractivity contribution in [3.05, 3.63) is 143 Å². The van der Waals surface area contributed by atoms with E-state index in [4.69, 9.17) is 11.6 Å². The van der Waals surface area contributed by atoms with Crippen LogP contribution in [0.1, 0.15) is 45.8 Å². The van der Waals surface area contributed by atoms with Crippen molar-refractivity contribution in [1.29, 1.82) is 0 Å². The fraction of sp³-hybridized carbons (Fsp3) is 0.214. The number of aromatic hydroxyl groups is 2. The number of para-hydroxylation sites is 1. The Morgan fingerprint density at radius 3 is 2.28 bits per heavy atom. The van der Waals surface area contributed by atoms with Crippen molar-refractivity contribution in [2.45, 2.75) is 30.6 Å². The molecule has 4 aromatic carbocycles. The molecule has 0 bridgehead atoms. The molecule has 0 spiro atoms. The third kappa shape index (κ3) is 4.89. The van der Waals surface area contributed by atoms with Crippen molar-refractivity contribution in [3.8, 4) is 11.5 Å². The Bertz CT molecular complexity index is 2300. The summed E-state index contributed by atoms with van der Waals surface area (Å²) >= 11 is 6.39. The summed E-state index contributed by atoms with van der Waals surface area (Å²) < 4.78 is 0. The number of halogens is 1. The maximum absolute atomic E-state index is 15.4. The highest BCUT2D eigenvalue weighted by atomic mass is 35.5. The number of nitrogens with zero attached hydrogens (tertiary/aromatic N) is 2. The number of carbonyl (C=O) groups is 5. The summed E-state index contributed by atoms with van der Waals surface area (Å²) in [6, 6.07) is 24.3. The average molecular weight is 729 g/mol. The topological polar surface area (TPSA) is 153 Å². The lowest BCUT2D eigenvalue weighted by molar-refractivity contribution is -0.127. The summed E-state index contributed by atoms with van der Waals surface area (Å²) in [7, 11) is 0. The number of phenolic OH excluding ortho intramolecular Hbond substituents is 1. The maximum Gasteiger partial charge on any atom is 0.339 e. The molecule has 2 aliphatic carbocycles. The van der Waals surface area contributed by atoms with Crippen LogP contribution in [-0.2, 0) is 31.0 Å². The second kappa shape index (κ2) is 12.6. The number of carboxylic acid groups (broad SMARTS) is 1. The molecule has 10 nitrogen and oxygen atoms in total. The fourth-order valence-corrected chi connectivity index (χ4v) is 9.53. The largest absolute Gasteiger partial charge is 0.507 e. The van der Waals surface area contributed by atoms with Gasteiger partial charge < -0.3 is 15.3 Å². The predicted molar refractivity (Wildman–Crippen MR) is 196 cm³/mol. The minimum absolute atomic E-state index is 0.0264. The van der Waals surface area contributed by atoms with Gasteiger partial charge in [-0.2, -0.15) is 0 Å². The van der Waals surface area contributed by atoms with E-state index < -0.39 is 70.4 Å². The van der Waals surface area contributed by atoms with E-state index in [-0.39, 0.29) is 29.8 Å². The van der Waals surface area contributed by atoms with Crippen LogP contribution < -0.4 is 9.80 Å². The fourth-order valence-electron chi connectivity index (χ4n) is 9.35. The summed E-state index contributed by atoms with van der Waals surface area (Å²) in [6.07, 6.45) is 4.06. The Morgan fingerprint density at radius 1 is 0.849 bits per heavy atom. The van der Waals surface area contributed by atoms with Crippen LogP contribution in [0.3, 0.4) is 0 Å². The van der Waals surface area contributed by atoms with Gasteiger partial charge in [-0.25, -0.2) is 14.6 Å². The standard InChI is InChI=1S/C42H33ClN2O8/c1-2-8-22-9-6-14-30(36(22)47)35-27-17-18-29-34(39(50)44(37(29)48)26-15-16-28(40(51)52)33(46)20-26)31(27)21-32-38(49)45(25-13-7-12-24(43)19-25)41(53)42(32,35)23-10-4-3-5-11-23/h2-7,9-17,19-20,29,31-32,34-35,46-47H,1,8,18,21H2,(H,51,52)/t29-,31+,32-,34-,35+,42+/m0/s1. The number of benzene rings is 4. The zero-order valence-corrected chi connectivity index (χ0v) is 28.9. The van der Waals surface area contributed by atoms with Crippen LogP contribution >= 0.6 is 11.6 Å². The van der Waals surface area contributed by atoms with Crippen molar-refractivity contribution in [2.24, 2.45) is 23.7 Å². The van der Waals surface area contributed by atoms with Gasteiger partial charge in [0.05, 0.1) is 34.5 Å². The highest BCUT2D eigenvalue weighted by molar-refractivity contribution is 6.32. The molecule has 0 radical (unpaired) electrons. The second-order valence-corrected chi connectivity index (χ2v) is 14.4. The van der Waals surface area contributed by atoms with E-state index >= 15 is 4.79 Å². The normalized spacial score (nSPS) is 26.2. The molecule has 4 amide bonds. The number of allylic oxidation sites excluding steroid dienone is 3. The van der Waals surface area contributed by atoms with Gasteiger partial charge in [0.1, 0.15) is 17.1 Å². The number of carbonyl (C=O) groups excluding carboxylic acids is 4. The number of aromatic carboxylic acids is 1. The van der Waals surface area contributed by atoms with Gasteiger partial charge in [0.15, 0.2) is 0 Å². The highest BCUT2D eigenvalue weighted by Crippen LogP contribution is 2.65. The first kappa shape index (κ1) is 34.1. The molecule has 11 heteroatoms. The van der Waals surface area contributed by atoms with Crippen LogP contribution in [-0.4, -0.2) is 44.9 Å². The molecule has 4 aromatic rings. The minimum atomic E-state index is -1.57. The molecular formula is C42H33ClN2O8. The van der Waals surface area contributed by atoms with Crippen molar-refractivity contribution in [2.75, 3.05) is 9.80 Å². The quantitative estimate of drug-likeness (QED) is 0.143. The van der Waals surface area contributed by atoms with E-state index in [9.17, 15) is 34.5 Å². The number of hydrogen-bond donors (Lipinski definition) is 3. The predicted octanol–water partition coefficient (Wildman–Crippen LogP) is 6.54. The third-order valence-corrected chi connectivity index (χ3v) is 11.7. The lowest BCUT2D eigenvalue weighted by atomic mass is 9.49. The molecule has 53 heavy (non-hydrogen) atoms. The molecule has 2 saturated heterocycles. The number of amides is 4. The Balaban J connectivity index is 1.35. The zero-order chi connectivity index (χ0) is 37.3. The van der Waals surface area contributed by atoms with Crippen LogP contribution in [0.4, 0.5) is 11.4 Å². The number of hydrogen-bond acceptors (Lipinski definition) is 7. The Labute approximate surface area is 309 Å². The van der Waals surface area contributed by atoms with Crippen LogP contribution in [0.2, 0.25) is 5.02 Å². The van der Waals surface area contributed by atoms with E-state index in [0.29, 0.717) is 39.4 Å². The molecule has 2 heterocycles. The Morgan fingerprint density at radius 2 is 1.58 bits per heavy atom. The molecule has 3 N–H and O–H groups in total. The molecule has 1 saturated carbocycles. The first-order valence-corrected chi connectivity index (χ1v) is 17.6. The lowest BCUT2D eigenvalue weighted by Gasteiger charge is -2.50. The van der Waals surface area contributed by atoms with Crippen LogP contribution in [0, 0.1) is 23.7 Å². The van der Waals surface area contributed by atoms with Gasteiger partial charge in [-0.15, -0.1) is 6.58 Å². The molecule has 4 aliphatic rings. The molecule has 3 fully saturated rings. The number of imide groups is 2. The van der Waals surface area contributed by atoms with Crippen molar-refractivity contribution in [1.82, 2.24) is 0 Å². The van der Waals surface area contributed by atoms with Gasteiger partial charge in [0.25, 0.3) is 0 Å². The minimum Gasteiger partial charge on any atom is -0.507 e. The second-order valence-electron chi connectivity index (χ2n) is 14.0. The van der Waals surface area contributed by atoms with Gasteiger partial charge in [0.2, 0.25) is 23.6 Å². The summed E-state index contributed by atoms with van der Waals surface area (Å²) in [5, 5.41) is 32.2. The first-order chi connectivity index (χ1) is 25.5. The summed E-state index contributed by atoms with van der Waals surface area (Å²) in [5.41, 5.74) is 0.579. The Kier molecular flexibility index (Phi) is 8.10. The number of fused-ring (bicyclic) bond motifs is 4. The van der Waals surface area contributed by atoms with Gasteiger partial charge in [0, 0.05) is 22.6 Å². The summed E-state index contributed by atoms with van der Waals surface area (Å²) in [5.74, 6) is -8.50. The molecular weight excluding hydrogens is 696 g/mol. The third-order valence-electron chi connectivity index (χ3n) is 11.5.